The number of benzene rings is 1. The van der Waals surface area contributed by atoms with E-state index in [0.29, 0.717) is 12.3 Å². The third kappa shape index (κ3) is 10.1. The molecule has 0 amide bonds. The smallest absolute Gasteiger partial charge is 0.287 e. The highest BCUT2D eigenvalue weighted by atomic mass is 16.4. The van der Waals surface area contributed by atoms with E-state index in [0.717, 1.165) is 31.2 Å². The number of hydrogen-bond donors (Lipinski definition) is 1. The number of rotatable bonds is 17. The number of aromatic nitrogens is 2. The van der Waals surface area contributed by atoms with Crippen molar-refractivity contribution in [2.45, 2.75) is 96.5 Å². The van der Waals surface area contributed by atoms with E-state index in [1.54, 1.807) is 0 Å². The van der Waals surface area contributed by atoms with Crippen LogP contribution in [0.3, 0.4) is 0 Å². The number of allylic oxidation sites excluding steroid dienone is 2. The summed E-state index contributed by atoms with van der Waals surface area (Å²) < 4.78 is 5.44. The van der Waals surface area contributed by atoms with Crippen molar-refractivity contribution in [3.8, 4) is 11.5 Å². The van der Waals surface area contributed by atoms with Crippen LogP contribution in [0.2, 0.25) is 0 Å². The Morgan fingerprint density at radius 2 is 1.52 bits per heavy atom. The van der Waals surface area contributed by atoms with Gasteiger partial charge in [-0.3, -0.25) is 4.79 Å². The van der Waals surface area contributed by atoms with Crippen LogP contribution >= 0.6 is 0 Å². The van der Waals surface area contributed by atoms with Gasteiger partial charge in [-0.25, -0.2) is 0 Å². The lowest BCUT2D eigenvalue weighted by atomic mass is 10.1. The maximum atomic E-state index is 12.3. The Kier molecular flexibility index (Phi) is 12.5. The van der Waals surface area contributed by atoms with E-state index in [1.165, 1.54) is 51.4 Å². The van der Waals surface area contributed by atoms with E-state index in [-0.39, 0.29) is 5.89 Å². The molecule has 0 saturated heterocycles. The summed E-state index contributed by atoms with van der Waals surface area (Å²) in [6.07, 6.45) is 18.5. The molecule has 0 bridgehead atoms. The largest absolute Gasteiger partial charge is 0.413 e. The molecule has 0 aliphatic carbocycles. The molecule has 1 N–H and O–H groups in total. The predicted octanol–water partition coefficient (Wildman–Crippen LogP) is 6.93. The maximum Gasteiger partial charge on any atom is 0.287 e. The van der Waals surface area contributed by atoms with Crippen molar-refractivity contribution in [1.29, 1.82) is 0 Å². The van der Waals surface area contributed by atoms with E-state index < -0.39 is 11.9 Å². The lowest BCUT2D eigenvalue weighted by Gasteiger charge is -2.06. The number of unbranched alkanes of at least 4 members (excludes halogenated alkanes) is 10. The van der Waals surface area contributed by atoms with Crippen molar-refractivity contribution in [3.63, 3.8) is 0 Å². The van der Waals surface area contributed by atoms with Gasteiger partial charge in [-0.1, -0.05) is 88.6 Å². The fraction of sp³-hybridized carbons (Fsp3) is 0.577. The first-order chi connectivity index (χ1) is 15.2. The molecule has 5 nitrogen and oxygen atoms in total. The molecule has 5 heteroatoms. The van der Waals surface area contributed by atoms with Crippen LogP contribution in [0.1, 0.15) is 101 Å². The molecule has 1 unspecified atom stereocenters. The van der Waals surface area contributed by atoms with Gasteiger partial charge in [-0.15, -0.1) is 10.2 Å². The summed E-state index contributed by atoms with van der Waals surface area (Å²) in [6, 6.07) is 9.28. The lowest BCUT2D eigenvalue weighted by molar-refractivity contribution is 0.0689. The van der Waals surface area contributed by atoms with Crippen molar-refractivity contribution >= 4 is 5.78 Å². The molecule has 0 spiro atoms. The minimum atomic E-state index is -1.09. The molecule has 31 heavy (non-hydrogen) atoms. The fourth-order valence-corrected chi connectivity index (χ4v) is 3.53. The van der Waals surface area contributed by atoms with E-state index >= 15 is 0 Å². The average molecular weight is 427 g/mol. The number of aliphatic hydroxyl groups excluding tert-OH is 1. The Bertz CT molecular complexity index is 755. The maximum absolute atomic E-state index is 12.3. The highest BCUT2D eigenvalue weighted by molar-refractivity contribution is 5.95. The normalized spacial score (nSPS) is 12.5. The van der Waals surface area contributed by atoms with Crippen LogP contribution in [-0.2, 0) is 0 Å². The Morgan fingerprint density at radius 3 is 2.19 bits per heavy atom. The molecule has 0 aliphatic rings. The summed E-state index contributed by atoms with van der Waals surface area (Å²) in [5.41, 5.74) is 0.753. The number of carbonyl (C=O) groups is 1. The zero-order valence-corrected chi connectivity index (χ0v) is 19.0. The Hall–Kier alpha value is -2.27. The Labute approximate surface area is 187 Å². The lowest BCUT2D eigenvalue weighted by Crippen LogP contribution is -2.20. The summed E-state index contributed by atoms with van der Waals surface area (Å²) >= 11 is 0. The van der Waals surface area contributed by atoms with Crippen molar-refractivity contribution in [2.75, 3.05) is 0 Å². The minimum Gasteiger partial charge on any atom is -0.413 e. The molecule has 1 aromatic heterocycles. The van der Waals surface area contributed by atoms with Gasteiger partial charge in [0.2, 0.25) is 11.7 Å². The fourth-order valence-electron chi connectivity index (χ4n) is 3.53. The highest BCUT2D eigenvalue weighted by Crippen LogP contribution is 2.18. The summed E-state index contributed by atoms with van der Waals surface area (Å²) in [5, 5.41) is 17.9. The van der Waals surface area contributed by atoms with Gasteiger partial charge >= 0.3 is 0 Å². The second-order valence-corrected chi connectivity index (χ2v) is 8.18. The molecule has 0 fully saturated rings. The molecular formula is C26H38N2O3. The van der Waals surface area contributed by atoms with E-state index in [4.69, 9.17) is 4.42 Å². The van der Waals surface area contributed by atoms with Crippen LogP contribution in [0.15, 0.2) is 46.9 Å². The van der Waals surface area contributed by atoms with Crippen LogP contribution in [0, 0.1) is 0 Å². The standard InChI is InChI=1S/C26H38N2O3/c1-2-3-4-5-6-7-8-9-10-11-12-13-14-18-21-23(29)24(30)26-28-27-25(31-26)22-19-16-15-17-20-22/h10-11,15-17,19-20,23,29H,2-9,12-14,18,21H2,1H3/b11-10-. The third-order valence-electron chi connectivity index (χ3n) is 5.45. The summed E-state index contributed by atoms with van der Waals surface area (Å²) in [4.78, 5) is 12.3. The van der Waals surface area contributed by atoms with Gasteiger partial charge < -0.3 is 9.52 Å². The SMILES string of the molecule is CCCCCCCCC/C=C\CCCCCC(O)C(=O)c1nnc(-c2ccccc2)o1. The quantitative estimate of drug-likeness (QED) is 0.169. The zero-order valence-electron chi connectivity index (χ0n) is 19.0. The van der Waals surface area contributed by atoms with Crippen molar-refractivity contribution in [2.24, 2.45) is 0 Å². The van der Waals surface area contributed by atoms with Gasteiger partial charge in [0.1, 0.15) is 6.10 Å². The molecule has 170 valence electrons. The van der Waals surface area contributed by atoms with Crippen LogP contribution in [0.25, 0.3) is 11.5 Å². The van der Waals surface area contributed by atoms with Gasteiger partial charge in [0.15, 0.2) is 0 Å². The highest BCUT2D eigenvalue weighted by Gasteiger charge is 2.23. The number of aliphatic hydroxyl groups is 1. The molecular weight excluding hydrogens is 388 g/mol. The van der Waals surface area contributed by atoms with Crippen molar-refractivity contribution in [1.82, 2.24) is 10.2 Å². The zero-order chi connectivity index (χ0) is 22.2. The van der Waals surface area contributed by atoms with Crippen molar-refractivity contribution in [3.05, 3.63) is 48.4 Å². The minimum absolute atomic E-state index is 0.125. The Morgan fingerprint density at radius 1 is 0.903 bits per heavy atom. The van der Waals surface area contributed by atoms with Gasteiger partial charge in [-0.05, 0) is 44.2 Å². The average Bonchev–Trinajstić information content (AvgIpc) is 3.29. The molecule has 2 aromatic rings. The second-order valence-electron chi connectivity index (χ2n) is 8.18. The number of nitrogens with zero attached hydrogens (tertiary/aromatic N) is 2. The van der Waals surface area contributed by atoms with Crippen LogP contribution in [0.4, 0.5) is 0 Å². The first kappa shape index (κ1) is 25.0. The first-order valence-electron chi connectivity index (χ1n) is 12.0. The van der Waals surface area contributed by atoms with Crippen molar-refractivity contribution < 1.29 is 14.3 Å². The Balaban J connectivity index is 1.52. The van der Waals surface area contributed by atoms with Crippen LogP contribution < -0.4 is 0 Å². The number of ketones is 1. The number of Topliss-reactive ketones (excluding diaryl/α,β-unsaturated/α-hetero) is 1. The van der Waals surface area contributed by atoms with Gasteiger partial charge in [0.25, 0.3) is 5.89 Å². The summed E-state index contributed by atoms with van der Waals surface area (Å²) in [6.45, 7) is 2.25. The molecule has 1 aromatic carbocycles. The predicted molar refractivity (Wildman–Crippen MR) is 125 cm³/mol. The summed E-state index contributed by atoms with van der Waals surface area (Å²) in [5.74, 6) is -0.330. The molecule has 1 heterocycles. The van der Waals surface area contributed by atoms with E-state index in [1.807, 2.05) is 30.3 Å². The van der Waals surface area contributed by atoms with Crippen LogP contribution in [-0.4, -0.2) is 27.2 Å². The van der Waals surface area contributed by atoms with E-state index in [9.17, 15) is 9.90 Å². The second kappa shape index (κ2) is 15.5. The van der Waals surface area contributed by atoms with Gasteiger partial charge in [-0.2, -0.15) is 0 Å². The topological polar surface area (TPSA) is 76.2 Å². The number of carbonyl (C=O) groups excluding carboxylic acids is 1. The van der Waals surface area contributed by atoms with Gasteiger partial charge in [0, 0.05) is 5.56 Å². The van der Waals surface area contributed by atoms with E-state index in [2.05, 4.69) is 29.3 Å². The van der Waals surface area contributed by atoms with Gasteiger partial charge in [0.05, 0.1) is 0 Å². The molecule has 0 radical (unpaired) electrons. The monoisotopic (exact) mass is 426 g/mol. The summed E-state index contributed by atoms with van der Waals surface area (Å²) in [7, 11) is 0. The first-order valence-corrected chi connectivity index (χ1v) is 12.0. The molecule has 0 saturated carbocycles. The number of hydrogen-bond acceptors (Lipinski definition) is 5. The third-order valence-corrected chi connectivity index (χ3v) is 5.45. The van der Waals surface area contributed by atoms with Crippen LogP contribution in [0.5, 0.6) is 0 Å². The molecule has 1 atom stereocenters. The molecule has 2 rings (SSSR count). The molecule has 0 aliphatic heterocycles.